The third kappa shape index (κ3) is 23.4. The van der Waals surface area contributed by atoms with E-state index in [4.69, 9.17) is 9.15 Å². The van der Waals surface area contributed by atoms with Crippen LogP contribution in [0.15, 0.2) is 359 Å². The van der Waals surface area contributed by atoms with E-state index in [9.17, 15) is 0 Å². The van der Waals surface area contributed by atoms with Crippen LogP contribution in [-0.2, 0) is 38.5 Å². The first-order valence-electron chi connectivity index (χ1n) is 31.5. The summed E-state index contributed by atoms with van der Waals surface area (Å²) in [4.78, 5) is 13.5. The standard InChI is InChI=1S/C10H12.C10H8.2C9H7N.C9H10.C8H8O.C8H6O.C8H8S.C5H5N.C4H4O.C4H4S/c2*1-2-6-10-8-4-3-7-9(10)5-1;1-2-6-9-8(4-1)5-3-7-10-9;1-2-4-9-7-10-6-5-8(9)3-1;1-2-5-9-7-3-6-8(9)4-1;3*1-2-4-8-7(3-1)5-6-9-8;1-2-4-6-5-3-1;2*1-2-4-5-3-1/h1-2,5-6H,3-4,7-8H2;1-8H;2*1-7H;1-2,4-5H,3,6-7H2;1-4H,5-6H2;1-6H;1-4H,5-6H2;1-5H;2*1-4H. The fraction of sp³-hybridized carbons (Fsp3) is 0.131. The van der Waals surface area contributed by atoms with Crippen molar-refractivity contribution in [3.8, 4) is 5.75 Å². The fourth-order valence-corrected chi connectivity index (χ4v) is 11.8. The first kappa shape index (κ1) is 66.3. The average Bonchev–Trinajstić information content (AvgIpc) is 3.58. The van der Waals surface area contributed by atoms with Gasteiger partial charge in [-0.15, -0.1) is 11.8 Å². The highest BCUT2D eigenvalue weighted by atomic mass is 32.2. The molecule has 15 aromatic rings. The van der Waals surface area contributed by atoms with Crippen LogP contribution in [0.2, 0.25) is 0 Å². The first-order chi connectivity index (χ1) is 45.7. The Morgan fingerprint density at radius 1 is 0.315 bits per heavy atom. The molecule has 0 saturated heterocycles. The maximum atomic E-state index is 5.30. The third-order valence-corrected chi connectivity index (χ3v) is 16.7. The van der Waals surface area contributed by atoms with Gasteiger partial charge in [0, 0.05) is 58.8 Å². The van der Waals surface area contributed by atoms with Crippen molar-refractivity contribution < 1.29 is 13.6 Å². The zero-order valence-electron chi connectivity index (χ0n) is 52.1. The lowest BCUT2D eigenvalue weighted by Gasteiger charge is -2.13. The van der Waals surface area contributed by atoms with Crippen LogP contribution in [-0.4, -0.2) is 27.3 Å². The van der Waals surface area contributed by atoms with Gasteiger partial charge in [0.05, 0.1) is 30.9 Å². The molecule has 4 aliphatic rings. The lowest BCUT2D eigenvalue weighted by Crippen LogP contribution is -2.00. The van der Waals surface area contributed by atoms with Crippen LogP contribution < -0.4 is 4.74 Å². The van der Waals surface area contributed by atoms with Crippen molar-refractivity contribution in [2.24, 2.45) is 0 Å². The van der Waals surface area contributed by atoms with Gasteiger partial charge in [0.25, 0.3) is 0 Å². The molecule has 6 nitrogen and oxygen atoms in total. The molecule has 0 saturated carbocycles. The molecule has 6 aromatic heterocycles. The van der Waals surface area contributed by atoms with Crippen molar-refractivity contribution in [2.75, 3.05) is 12.4 Å². The summed E-state index contributed by atoms with van der Waals surface area (Å²) < 4.78 is 15.0. The minimum Gasteiger partial charge on any atom is -0.493 e. The Morgan fingerprint density at radius 3 is 1.35 bits per heavy atom. The van der Waals surface area contributed by atoms with Crippen molar-refractivity contribution in [1.29, 1.82) is 0 Å². The number of rotatable bonds is 0. The molecule has 2 aliphatic heterocycles. The second kappa shape index (κ2) is 39.8. The molecule has 0 atom stereocenters. The van der Waals surface area contributed by atoms with Crippen LogP contribution in [0, 0.1) is 0 Å². The number of aromatic nitrogens is 3. The van der Waals surface area contributed by atoms with E-state index in [0.29, 0.717) is 0 Å². The molecule has 0 N–H and O–H groups in total. The molecule has 0 unspecified atom stereocenters. The van der Waals surface area contributed by atoms with Crippen LogP contribution in [0.3, 0.4) is 0 Å². The number of hydrogen-bond donors (Lipinski definition) is 0. The van der Waals surface area contributed by atoms with Crippen molar-refractivity contribution in [3.63, 3.8) is 0 Å². The normalized spacial score (nSPS) is 11.9. The molecule has 0 bridgehead atoms. The molecule has 0 amide bonds. The summed E-state index contributed by atoms with van der Waals surface area (Å²) in [6.07, 6.45) is 25.6. The van der Waals surface area contributed by atoms with Crippen LogP contribution in [0.25, 0.3) is 43.4 Å². The lowest BCUT2D eigenvalue weighted by atomic mass is 9.92. The summed E-state index contributed by atoms with van der Waals surface area (Å²) >= 11 is 3.68. The van der Waals surface area contributed by atoms with Crippen LogP contribution in [0.4, 0.5) is 0 Å². The van der Waals surface area contributed by atoms with Gasteiger partial charge < -0.3 is 13.6 Å². The second-order valence-electron chi connectivity index (χ2n) is 21.3. The number of thioether (sulfide) groups is 1. The summed E-state index contributed by atoms with van der Waals surface area (Å²) in [5.74, 6) is 2.34. The summed E-state index contributed by atoms with van der Waals surface area (Å²) in [5.41, 5.74) is 11.2. The number of fused-ring (bicyclic) bond motifs is 8. The Bertz CT molecular complexity index is 3690. The second-order valence-corrected chi connectivity index (χ2v) is 23.3. The molecule has 9 aromatic carbocycles. The predicted octanol–water partition coefficient (Wildman–Crippen LogP) is 22.5. The maximum Gasteiger partial charge on any atom is 0.133 e. The molecule has 0 radical (unpaired) electrons. The van der Waals surface area contributed by atoms with E-state index in [0.717, 1.165) is 35.3 Å². The molecule has 8 heterocycles. The Balaban J connectivity index is 0.000000120. The average molecular weight is 1240 g/mol. The Kier molecular flexibility index (Phi) is 28.7. The highest BCUT2D eigenvalue weighted by Crippen LogP contribution is 2.30. The fourth-order valence-electron chi connectivity index (χ4n) is 10.3. The molecule has 19 rings (SSSR count). The Labute approximate surface area is 551 Å². The van der Waals surface area contributed by atoms with Gasteiger partial charge in [-0.1, -0.05) is 218 Å². The van der Waals surface area contributed by atoms with Crippen LogP contribution in [0.5, 0.6) is 5.75 Å². The van der Waals surface area contributed by atoms with E-state index >= 15 is 0 Å². The number of ether oxygens (including phenoxy) is 1. The van der Waals surface area contributed by atoms with Gasteiger partial charge in [-0.25, -0.2) is 0 Å². The number of pyridine rings is 3. The minimum atomic E-state index is 0.860. The monoisotopic (exact) mass is 1240 g/mol. The molecular formula is C84H79N3O3S2. The number of furan rings is 2. The molecule has 0 fully saturated rings. The third-order valence-electron chi connectivity index (χ3n) is 15.0. The summed E-state index contributed by atoms with van der Waals surface area (Å²) in [5, 5.41) is 11.5. The maximum absolute atomic E-state index is 5.30. The van der Waals surface area contributed by atoms with E-state index in [1.807, 2.05) is 175 Å². The summed E-state index contributed by atoms with van der Waals surface area (Å²) in [7, 11) is 0. The van der Waals surface area contributed by atoms with Crippen molar-refractivity contribution in [3.05, 3.63) is 379 Å². The van der Waals surface area contributed by atoms with E-state index in [2.05, 4.69) is 171 Å². The van der Waals surface area contributed by atoms with Gasteiger partial charge in [0.15, 0.2) is 0 Å². The SMILES string of the molecule is c1ccc2c(c1)CCC2.c1ccc2c(c1)CCCC2.c1ccc2c(c1)CCO2.c1ccc2c(c1)CCS2.c1ccc2ccccc2c1.c1ccc2cnccc2c1.c1ccc2ncccc2c1.c1ccc2occc2c1.c1ccncc1.c1ccoc1.c1ccsc1. The van der Waals surface area contributed by atoms with E-state index in [1.165, 1.54) is 100 Å². The number of nitrogens with zero attached hydrogens (tertiary/aromatic N) is 3. The van der Waals surface area contributed by atoms with Gasteiger partial charge in [-0.2, -0.15) is 11.3 Å². The van der Waals surface area contributed by atoms with Crippen molar-refractivity contribution >= 4 is 66.5 Å². The zero-order valence-corrected chi connectivity index (χ0v) is 53.7. The molecule has 460 valence electrons. The van der Waals surface area contributed by atoms with Crippen LogP contribution >= 0.6 is 23.1 Å². The predicted molar refractivity (Wildman–Crippen MR) is 389 cm³/mol. The van der Waals surface area contributed by atoms with E-state index in [-0.39, 0.29) is 0 Å². The summed E-state index contributed by atoms with van der Waals surface area (Å²) in [6, 6.07) is 96.7. The summed E-state index contributed by atoms with van der Waals surface area (Å²) in [6.45, 7) is 0.860. The zero-order chi connectivity index (χ0) is 63.0. The Morgan fingerprint density at radius 2 is 0.826 bits per heavy atom. The minimum absolute atomic E-state index is 0.860. The number of benzene rings is 9. The molecule has 2 aliphatic carbocycles. The highest BCUT2D eigenvalue weighted by Gasteiger charge is 2.10. The van der Waals surface area contributed by atoms with E-state index < -0.39 is 0 Å². The van der Waals surface area contributed by atoms with Gasteiger partial charge in [-0.3, -0.25) is 15.0 Å². The molecule has 8 heteroatoms. The van der Waals surface area contributed by atoms with Gasteiger partial charge in [0.1, 0.15) is 11.3 Å². The topological polar surface area (TPSA) is 74.2 Å². The van der Waals surface area contributed by atoms with Crippen LogP contribution in [0.1, 0.15) is 52.6 Å². The Hall–Kier alpha value is -10.1. The number of aryl methyl sites for hydroxylation is 5. The molecular weight excluding hydrogens is 1160 g/mol. The van der Waals surface area contributed by atoms with Gasteiger partial charge in [0.2, 0.25) is 0 Å². The number of thiophene rings is 1. The quantitative estimate of drug-likeness (QED) is 0.150. The number of para-hydroxylation sites is 3. The van der Waals surface area contributed by atoms with Crippen molar-refractivity contribution in [1.82, 2.24) is 15.0 Å². The smallest absolute Gasteiger partial charge is 0.133 e. The number of hydrogen-bond acceptors (Lipinski definition) is 8. The largest absolute Gasteiger partial charge is 0.493 e. The lowest BCUT2D eigenvalue weighted by molar-refractivity contribution is 0.357. The first-order valence-corrected chi connectivity index (χ1v) is 33.5. The molecule has 0 spiro atoms. The van der Waals surface area contributed by atoms with Gasteiger partial charge >= 0.3 is 0 Å². The highest BCUT2D eigenvalue weighted by molar-refractivity contribution is 7.99. The van der Waals surface area contributed by atoms with Gasteiger partial charge in [-0.05, 0) is 184 Å². The van der Waals surface area contributed by atoms with E-state index in [1.54, 1.807) is 64.8 Å². The van der Waals surface area contributed by atoms with Crippen molar-refractivity contribution in [2.45, 2.75) is 62.7 Å². The molecule has 92 heavy (non-hydrogen) atoms.